The first-order valence-electron chi connectivity index (χ1n) is 7.91. The van der Waals surface area contributed by atoms with Crippen LogP contribution in [0.4, 0.5) is 4.79 Å². The van der Waals surface area contributed by atoms with Crippen LogP contribution in [-0.2, 0) is 6.54 Å². The Bertz CT molecular complexity index is 479. The van der Waals surface area contributed by atoms with Crippen LogP contribution in [0.25, 0.3) is 0 Å². The fourth-order valence-corrected chi connectivity index (χ4v) is 2.66. The van der Waals surface area contributed by atoms with Gasteiger partial charge in [-0.2, -0.15) is 0 Å². The summed E-state index contributed by atoms with van der Waals surface area (Å²) in [5.74, 6) is 0. The Morgan fingerprint density at radius 1 is 1.19 bits per heavy atom. The smallest absolute Gasteiger partial charge is 0.317 e. The summed E-state index contributed by atoms with van der Waals surface area (Å²) in [6.07, 6.45) is 0.984. The SMILES string of the molecule is CCCNC(=O)N1CCN(Cc2cc(C)ccc2C)CC1. The minimum Gasteiger partial charge on any atom is -0.338 e. The largest absolute Gasteiger partial charge is 0.338 e. The number of carbonyl (C=O) groups is 1. The lowest BCUT2D eigenvalue weighted by atomic mass is 10.0. The Balaban J connectivity index is 1.84. The molecule has 1 N–H and O–H groups in total. The molecular formula is C17H27N3O. The second kappa shape index (κ2) is 7.46. The number of hydrogen-bond acceptors (Lipinski definition) is 2. The summed E-state index contributed by atoms with van der Waals surface area (Å²) < 4.78 is 0. The van der Waals surface area contributed by atoms with E-state index in [9.17, 15) is 4.79 Å². The number of amides is 2. The van der Waals surface area contributed by atoms with Gasteiger partial charge in [-0.15, -0.1) is 0 Å². The lowest BCUT2D eigenvalue weighted by Gasteiger charge is -2.35. The van der Waals surface area contributed by atoms with Crippen molar-refractivity contribution in [2.24, 2.45) is 0 Å². The summed E-state index contributed by atoms with van der Waals surface area (Å²) >= 11 is 0. The molecule has 21 heavy (non-hydrogen) atoms. The molecule has 1 aliphatic rings. The van der Waals surface area contributed by atoms with Gasteiger partial charge in [-0.05, 0) is 31.4 Å². The van der Waals surface area contributed by atoms with Gasteiger partial charge in [0.25, 0.3) is 0 Å². The zero-order chi connectivity index (χ0) is 15.2. The van der Waals surface area contributed by atoms with Crippen molar-refractivity contribution >= 4 is 6.03 Å². The van der Waals surface area contributed by atoms with E-state index < -0.39 is 0 Å². The fourth-order valence-electron chi connectivity index (χ4n) is 2.66. The highest BCUT2D eigenvalue weighted by atomic mass is 16.2. The van der Waals surface area contributed by atoms with E-state index in [1.807, 2.05) is 4.90 Å². The zero-order valence-electron chi connectivity index (χ0n) is 13.5. The average Bonchev–Trinajstić information content (AvgIpc) is 2.49. The van der Waals surface area contributed by atoms with Gasteiger partial charge in [0.05, 0.1) is 0 Å². The normalized spacial score (nSPS) is 16.0. The van der Waals surface area contributed by atoms with Gasteiger partial charge in [-0.1, -0.05) is 30.7 Å². The standard InChI is InChI=1S/C17H27N3O/c1-4-7-18-17(21)20-10-8-19(9-11-20)13-16-12-14(2)5-6-15(16)3/h5-6,12H,4,7-11,13H2,1-3H3,(H,18,21). The maximum absolute atomic E-state index is 11.9. The molecule has 0 saturated carbocycles. The van der Waals surface area contributed by atoms with Gasteiger partial charge < -0.3 is 10.2 Å². The molecule has 0 bridgehead atoms. The summed E-state index contributed by atoms with van der Waals surface area (Å²) in [7, 11) is 0. The van der Waals surface area contributed by atoms with Crippen molar-refractivity contribution in [2.75, 3.05) is 32.7 Å². The van der Waals surface area contributed by atoms with E-state index in [2.05, 4.69) is 49.2 Å². The number of aryl methyl sites for hydroxylation is 2. The highest BCUT2D eigenvalue weighted by Gasteiger charge is 2.20. The molecule has 4 nitrogen and oxygen atoms in total. The second-order valence-electron chi connectivity index (χ2n) is 5.93. The van der Waals surface area contributed by atoms with Crippen LogP contribution >= 0.6 is 0 Å². The molecule has 1 aromatic rings. The van der Waals surface area contributed by atoms with Crippen molar-refractivity contribution in [3.05, 3.63) is 34.9 Å². The molecule has 2 amide bonds. The second-order valence-corrected chi connectivity index (χ2v) is 5.93. The van der Waals surface area contributed by atoms with Gasteiger partial charge in [0, 0.05) is 39.3 Å². The Labute approximate surface area is 128 Å². The van der Waals surface area contributed by atoms with Crippen molar-refractivity contribution in [3.8, 4) is 0 Å². The molecule has 0 radical (unpaired) electrons. The highest BCUT2D eigenvalue weighted by Crippen LogP contribution is 2.14. The van der Waals surface area contributed by atoms with E-state index in [4.69, 9.17) is 0 Å². The number of carbonyl (C=O) groups excluding carboxylic acids is 1. The van der Waals surface area contributed by atoms with Crippen molar-refractivity contribution in [1.82, 2.24) is 15.1 Å². The Hall–Kier alpha value is -1.55. The fraction of sp³-hybridized carbons (Fsp3) is 0.588. The molecule has 1 saturated heterocycles. The molecule has 0 unspecified atom stereocenters. The molecule has 1 heterocycles. The maximum atomic E-state index is 11.9. The van der Waals surface area contributed by atoms with Crippen LogP contribution < -0.4 is 5.32 Å². The van der Waals surface area contributed by atoms with Crippen LogP contribution in [0.15, 0.2) is 18.2 Å². The zero-order valence-corrected chi connectivity index (χ0v) is 13.5. The molecule has 2 rings (SSSR count). The molecule has 1 aliphatic heterocycles. The third kappa shape index (κ3) is 4.46. The predicted octanol–water partition coefficient (Wildman–Crippen LogP) is 2.54. The van der Waals surface area contributed by atoms with Crippen LogP contribution in [-0.4, -0.2) is 48.6 Å². The van der Waals surface area contributed by atoms with Crippen LogP contribution in [0.3, 0.4) is 0 Å². The Kier molecular flexibility index (Phi) is 5.62. The van der Waals surface area contributed by atoms with Crippen LogP contribution in [0.5, 0.6) is 0 Å². The first kappa shape index (κ1) is 15.8. The molecule has 0 aromatic heterocycles. The number of piperazine rings is 1. The number of hydrogen-bond donors (Lipinski definition) is 1. The molecule has 116 valence electrons. The monoisotopic (exact) mass is 289 g/mol. The summed E-state index contributed by atoms with van der Waals surface area (Å²) in [6.45, 7) is 11.7. The summed E-state index contributed by atoms with van der Waals surface area (Å²) in [5, 5.41) is 2.95. The molecule has 4 heteroatoms. The van der Waals surface area contributed by atoms with Crippen molar-refractivity contribution in [3.63, 3.8) is 0 Å². The topological polar surface area (TPSA) is 35.6 Å². The van der Waals surface area contributed by atoms with Crippen LogP contribution in [0.1, 0.15) is 30.0 Å². The number of urea groups is 1. The van der Waals surface area contributed by atoms with Gasteiger partial charge in [0.15, 0.2) is 0 Å². The highest BCUT2D eigenvalue weighted by molar-refractivity contribution is 5.74. The number of nitrogens with zero attached hydrogens (tertiary/aromatic N) is 2. The molecular weight excluding hydrogens is 262 g/mol. The summed E-state index contributed by atoms with van der Waals surface area (Å²) in [5.41, 5.74) is 4.07. The van der Waals surface area contributed by atoms with E-state index in [-0.39, 0.29) is 6.03 Å². The molecule has 1 fully saturated rings. The van der Waals surface area contributed by atoms with Crippen LogP contribution in [0.2, 0.25) is 0 Å². The van der Waals surface area contributed by atoms with E-state index in [1.165, 1.54) is 16.7 Å². The van der Waals surface area contributed by atoms with E-state index >= 15 is 0 Å². The van der Waals surface area contributed by atoms with Gasteiger partial charge in [0.2, 0.25) is 0 Å². The Morgan fingerprint density at radius 2 is 1.90 bits per heavy atom. The van der Waals surface area contributed by atoms with Crippen molar-refractivity contribution in [1.29, 1.82) is 0 Å². The lowest BCUT2D eigenvalue weighted by Crippen LogP contribution is -2.51. The van der Waals surface area contributed by atoms with Gasteiger partial charge in [-0.3, -0.25) is 4.90 Å². The lowest BCUT2D eigenvalue weighted by molar-refractivity contribution is 0.135. The van der Waals surface area contributed by atoms with Gasteiger partial charge in [0.1, 0.15) is 0 Å². The Morgan fingerprint density at radius 3 is 2.57 bits per heavy atom. The quantitative estimate of drug-likeness (QED) is 0.924. The van der Waals surface area contributed by atoms with Crippen LogP contribution in [0, 0.1) is 13.8 Å². The minimum atomic E-state index is 0.0863. The third-order valence-electron chi connectivity index (χ3n) is 4.08. The van der Waals surface area contributed by atoms with E-state index in [0.29, 0.717) is 0 Å². The minimum absolute atomic E-state index is 0.0863. The molecule has 0 spiro atoms. The van der Waals surface area contributed by atoms with Crippen molar-refractivity contribution in [2.45, 2.75) is 33.7 Å². The first-order chi connectivity index (χ1) is 10.1. The molecule has 1 aromatic carbocycles. The molecule has 0 aliphatic carbocycles. The summed E-state index contributed by atoms with van der Waals surface area (Å²) in [4.78, 5) is 16.3. The molecule has 0 atom stereocenters. The number of benzene rings is 1. The van der Waals surface area contributed by atoms with E-state index in [1.54, 1.807) is 0 Å². The summed E-state index contributed by atoms with van der Waals surface area (Å²) in [6, 6.07) is 6.71. The van der Waals surface area contributed by atoms with Gasteiger partial charge in [-0.25, -0.2) is 4.79 Å². The van der Waals surface area contributed by atoms with Gasteiger partial charge >= 0.3 is 6.03 Å². The third-order valence-corrected chi connectivity index (χ3v) is 4.08. The number of rotatable bonds is 4. The number of nitrogens with one attached hydrogen (secondary N) is 1. The average molecular weight is 289 g/mol. The van der Waals surface area contributed by atoms with E-state index in [0.717, 1.165) is 45.7 Å². The maximum Gasteiger partial charge on any atom is 0.317 e. The first-order valence-corrected chi connectivity index (χ1v) is 7.91. The van der Waals surface area contributed by atoms with Crippen molar-refractivity contribution < 1.29 is 4.79 Å². The predicted molar refractivity (Wildman–Crippen MR) is 86.5 cm³/mol.